The number of phenolic OH excluding ortho intramolecular Hbond substituents is 2. The molecule has 6 N–H and O–H groups in total. The van der Waals surface area contributed by atoms with Crippen LogP contribution in [0.15, 0.2) is 36.4 Å². The summed E-state index contributed by atoms with van der Waals surface area (Å²) in [4.78, 5) is 36.1. The zero-order valence-corrected chi connectivity index (χ0v) is 18.9. The van der Waals surface area contributed by atoms with Crippen LogP contribution < -0.4 is 16.1 Å². The van der Waals surface area contributed by atoms with Gasteiger partial charge in [-0.1, -0.05) is 38.8 Å². The Balaban J connectivity index is 1.96. The van der Waals surface area contributed by atoms with Gasteiger partial charge in [0.25, 0.3) is 5.91 Å². The van der Waals surface area contributed by atoms with Crippen molar-refractivity contribution in [2.75, 3.05) is 10.6 Å². The lowest BCUT2D eigenvalue weighted by Gasteiger charge is -2.15. The summed E-state index contributed by atoms with van der Waals surface area (Å²) in [5.74, 6) is -1.67. The number of unbranched alkanes of at least 4 members (excludes halogenated alkanes) is 3. The van der Waals surface area contributed by atoms with Gasteiger partial charge in [0.05, 0.1) is 16.9 Å². The minimum atomic E-state index is -0.567. The molecule has 3 amide bonds. The van der Waals surface area contributed by atoms with Crippen molar-refractivity contribution in [2.24, 2.45) is 0 Å². The molecule has 9 nitrogen and oxygen atoms in total. The number of phenols is 2. The summed E-state index contributed by atoms with van der Waals surface area (Å²) in [6.07, 6.45) is 3.33. The number of hydrogen-bond acceptors (Lipinski definition) is 6. The van der Waals surface area contributed by atoms with Crippen molar-refractivity contribution in [3.05, 3.63) is 47.5 Å². The van der Waals surface area contributed by atoms with E-state index >= 15 is 0 Å². The summed E-state index contributed by atoms with van der Waals surface area (Å²) < 4.78 is 0. The Labute approximate surface area is 192 Å². The smallest absolute Gasteiger partial charge is 0.259 e. The second-order valence-electron chi connectivity index (χ2n) is 8.08. The predicted molar refractivity (Wildman–Crippen MR) is 125 cm³/mol. The molecule has 0 aliphatic carbocycles. The molecule has 0 aromatic heterocycles. The summed E-state index contributed by atoms with van der Waals surface area (Å²) in [5, 5.41) is 34.1. The van der Waals surface area contributed by atoms with Gasteiger partial charge in [-0.25, -0.2) is 5.48 Å². The summed E-state index contributed by atoms with van der Waals surface area (Å²) in [6.45, 7) is 3.73. The number of rotatable bonds is 11. The van der Waals surface area contributed by atoms with Gasteiger partial charge in [0, 0.05) is 18.9 Å². The Kier molecular flexibility index (Phi) is 9.68. The summed E-state index contributed by atoms with van der Waals surface area (Å²) in [7, 11) is 0. The number of amides is 3. The molecular formula is C24H31N3O6. The lowest BCUT2D eigenvalue weighted by molar-refractivity contribution is -0.129. The fourth-order valence-electron chi connectivity index (χ4n) is 3.32. The van der Waals surface area contributed by atoms with E-state index in [2.05, 4.69) is 10.6 Å². The Hall–Kier alpha value is -3.59. The standard InChI is InChI=1S/C24H31N3O6/c1-15(2)16-13-17(21(29)14-20(16)28)24(32)26-19-10-8-7-9-18(19)25-22(30)11-5-3-4-6-12-23(31)27-33/h7-10,13-15,28-29,33H,3-6,11-12H2,1-2H3,(H,25,30)(H,26,32)(H,27,31). The number of aromatic hydroxyl groups is 2. The molecule has 33 heavy (non-hydrogen) atoms. The van der Waals surface area contributed by atoms with Gasteiger partial charge in [-0.15, -0.1) is 0 Å². The number of para-hydroxylation sites is 2. The Bertz CT molecular complexity index is 990. The zero-order chi connectivity index (χ0) is 24.4. The third kappa shape index (κ3) is 7.80. The molecule has 2 rings (SSSR count). The number of carbonyl (C=O) groups is 3. The molecular weight excluding hydrogens is 426 g/mol. The van der Waals surface area contributed by atoms with E-state index in [9.17, 15) is 24.6 Å². The van der Waals surface area contributed by atoms with E-state index in [0.29, 0.717) is 29.8 Å². The molecule has 0 atom stereocenters. The fourth-order valence-corrected chi connectivity index (χ4v) is 3.32. The molecule has 0 unspecified atom stereocenters. The topological polar surface area (TPSA) is 148 Å². The molecule has 0 fully saturated rings. The van der Waals surface area contributed by atoms with Crippen LogP contribution in [0, 0.1) is 0 Å². The monoisotopic (exact) mass is 457 g/mol. The normalized spacial score (nSPS) is 10.7. The van der Waals surface area contributed by atoms with Crippen LogP contribution in [0.2, 0.25) is 0 Å². The van der Waals surface area contributed by atoms with E-state index in [4.69, 9.17) is 5.21 Å². The molecule has 0 bridgehead atoms. The number of anilines is 2. The molecule has 2 aromatic carbocycles. The minimum absolute atomic E-state index is 0.0208. The quantitative estimate of drug-likeness (QED) is 0.169. The Morgan fingerprint density at radius 3 is 1.97 bits per heavy atom. The van der Waals surface area contributed by atoms with E-state index in [1.807, 2.05) is 13.8 Å². The third-order valence-electron chi connectivity index (χ3n) is 5.14. The highest BCUT2D eigenvalue weighted by atomic mass is 16.5. The summed E-state index contributed by atoms with van der Waals surface area (Å²) >= 11 is 0. The first-order valence-electron chi connectivity index (χ1n) is 10.9. The first-order chi connectivity index (χ1) is 15.7. The average molecular weight is 458 g/mol. The number of nitrogens with one attached hydrogen (secondary N) is 3. The minimum Gasteiger partial charge on any atom is -0.508 e. The first-order valence-corrected chi connectivity index (χ1v) is 10.9. The van der Waals surface area contributed by atoms with Crippen molar-refractivity contribution < 1.29 is 29.8 Å². The van der Waals surface area contributed by atoms with Gasteiger partial charge in [-0.3, -0.25) is 19.6 Å². The zero-order valence-electron chi connectivity index (χ0n) is 18.9. The van der Waals surface area contributed by atoms with Gasteiger partial charge in [-0.2, -0.15) is 0 Å². The van der Waals surface area contributed by atoms with Crippen LogP contribution in [0.3, 0.4) is 0 Å². The summed E-state index contributed by atoms with van der Waals surface area (Å²) in [5.41, 5.74) is 2.95. The van der Waals surface area contributed by atoms with Gasteiger partial charge in [0.1, 0.15) is 11.5 Å². The van der Waals surface area contributed by atoms with Crippen molar-refractivity contribution in [3.63, 3.8) is 0 Å². The predicted octanol–water partition coefficient (Wildman–Crippen LogP) is 4.26. The van der Waals surface area contributed by atoms with Crippen molar-refractivity contribution in [3.8, 4) is 11.5 Å². The van der Waals surface area contributed by atoms with Gasteiger partial charge < -0.3 is 20.8 Å². The van der Waals surface area contributed by atoms with Crippen LogP contribution in [0.5, 0.6) is 11.5 Å². The molecule has 178 valence electrons. The first kappa shape index (κ1) is 25.7. The van der Waals surface area contributed by atoms with E-state index < -0.39 is 11.8 Å². The lowest BCUT2D eigenvalue weighted by Crippen LogP contribution is -2.17. The van der Waals surface area contributed by atoms with E-state index in [1.165, 1.54) is 6.07 Å². The van der Waals surface area contributed by atoms with Crippen LogP contribution in [0.1, 0.15) is 74.2 Å². The van der Waals surface area contributed by atoms with Crippen molar-refractivity contribution in [1.82, 2.24) is 5.48 Å². The largest absolute Gasteiger partial charge is 0.508 e. The SMILES string of the molecule is CC(C)c1cc(C(=O)Nc2ccccc2NC(=O)CCCCCCC(=O)NO)c(O)cc1O. The van der Waals surface area contributed by atoms with E-state index in [-0.39, 0.29) is 41.7 Å². The molecule has 0 saturated heterocycles. The summed E-state index contributed by atoms with van der Waals surface area (Å²) in [6, 6.07) is 9.35. The Morgan fingerprint density at radius 2 is 1.39 bits per heavy atom. The number of hydroxylamine groups is 1. The highest BCUT2D eigenvalue weighted by molar-refractivity contribution is 6.09. The second-order valence-corrected chi connectivity index (χ2v) is 8.08. The maximum Gasteiger partial charge on any atom is 0.259 e. The van der Waals surface area contributed by atoms with Gasteiger partial charge in [0.2, 0.25) is 11.8 Å². The van der Waals surface area contributed by atoms with Crippen LogP contribution in [-0.2, 0) is 9.59 Å². The molecule has 0 radical (unpaired) electrons. The maximum atomic E-state index is 12.8. The highest BCUT2D eigenvalue weighted by Crippen LogP contribution is 2.33. The second kappa shape index (κ2) is 12.4. The molecule has 0 aliphatic rings. The lowest BCUT2D eigenvalue weighted by atomic mass is 9.98. The van der Waals surface area contributed by atoms with Crippen LogP contribution in [0.25, 0.3) is 0 Å². The average Bonchev–Trinajstić information content (AvgIpc) is 2.76. The van der Waals surface area contributed by atoms with Gasteiger partial charge >= 0.3 is 0 Å². The van der Waals surface area contributed by atoms with E-state index in [1.54, 1.807) is 29.7 Å². The third-order valence-corrected chi connectivity index (χ3v) is 5.14. The number of carbonyl (C=O) groups excluding carboxylic acids is 3. The van der Waals surface area contributed by atoms with Crippen molar-refractivity contribution in [1.29, 1.82) is 0 Å². The van der Waals surface area contributed by atoms with Crippen molar-refractivity contribution in [2.45, 2.75) is 58.3 Å². The van der Waals surface area contributed by atoms with Gasteiger partial charge in [-0.05, 0) is 42.5 Å². The number of hydrogen-bond donors (Lipinski definition) is 6. The van der Waals surface area contributed by atoms with Crippen LogP contribution in [0.4, 0.5) is 11.4 Å². The maximum absolute atomic E-state index is 12.8. The highest BCUT2D eigenvalue weighted by Gasteiger charge is 2.18. The molecule has 0 spiro atoms. The van der Waals surface area contributed by atoms with Crippen LogP contribution >= 0.6 is 0 Å². The number of benzene rings is 2. The fraction of sp³-hybridized carbons (Fsp3) is 0.375. The van der Waals surface area contributed by atoms with Crippen LogP contribution in [-0.4, -0.2) is 33.1 Å². The van der Waals surface area contributed by atoms with Gasteiger partial charge in [0.15, 0.2) is 0 Å². The molecule has 2 aromatic rings. The molecule has 0 saturated carbocycles. The van der Waals surface area contributed by atoms with Crippen molar-refractivity contribution >= 4 is 29.1 Å². The molecule has 9 heteroatoms. The molecule has 0 heterocycles. The Morgan fingerprint density at radius 1 is 0.818 bits per heavy atom. The molecule has 0 aliphatic heterocycles. The van der Waals surface area contributed by atoms with E-state index in [0.717, 1.165) is 18.9 Å².